The number of halogens is 4. The minimum atomic E-state index is -2.86. The molecule has 0 atom stereocenters. The van der Waals surface area contributed by atoms with E-state index in [0.29, 0.717) is 6.07 Å². The number of hydrogen-bond acceptors (Lipinski definition) is 1. The second-order valence-electron chi connectivity index (χ2n) is 2.07. The molecule has 66 valence electrons. The van der Waals surface area contributed by atoms with Crippen LogP contribution in [-0.4, -0.2) is 6.55 Å². The molecule has 0 spiro atoms. The van der Waals surface area contributed by atoms with Crippen LogP contribution in [0.25, 0.3) is 0 Å². The minimum absolute atomic E-state index is 0.411. The summed E-state index contributed by atoms with van der Waals surface area (Å²) in [5.41, 5.74) is -0.411. The summed E-state index contributed by atoms with van der Waals surface area (Å²) >= 11 is 0. The molecule has 1 N–H and O–H groups in total. The van der Waals surface area contributed by atoms with Crippen molar-refractivity contribution in [3.05, 3.63) is 29.8 Å². The van der Waals surface area contributed by atoms with E-state index < -0.39 is 23.9 Å². The maximum Gasteiger partial charge on any atom is 0.313 e. The van der Waals surface area contributed by atoms with E-state index in [2.05, 4.69) is 0 Å². The average molecular weight is 179 g/mol. The molecule has 1 nitrogen and oxygen atoms in total. The number of anilines is 1. The molecule has 0 amide bonds. The zero-order chi connectivity index (χ0) is 9.14. The Morgan fingerprint density at radius 2 is 1.83 bits per heavy atom. The lowest BCUT2D eigenvalue weighted by molar-refractivity contribution is 0.181. The number of benzene rings is 1. The second kappa shape index (κ2) is 3.42. The monoisotopic (exact) mass is 179 g/mol. The summed E-state index contributed by atoms with van der Waals surface area (Å²) in [6, 6.07) is 2.34. The van der Waals surface area contributed by atoms with Crippen LogP contribution in [0, 0.1) is 11.6 Å². The van der Waals surface area contributed by atoms with E-state index in [1.165, 1.54) is 5.32 Å². The molecular weight excluding hydrogens is 174 g/mol. The van der Waals surface area contributed by atoms with Crippen LogP contribution in [-0.2, 0) is 0 Å². The van der Waals surface area contributed by atoms with Gasteiger partial charge in [0.2, 0.25) is 0 Å². The lowest BCUT2D eigenvalue weighted by Gasteiger charge is -2.04. The van der Waals surface area contributed by atoms with Gasteiger partial charge in [0.1, 0.15) is 11.6 Å². The standard InChI is InChI=1S/C7H5F4N/c8-4-1-2-6(5(9)3-4)12-7(10)11/h1-3,7,12H. The molecule has 0 radical (unpaired) electrons. The third-order valence-electron chi connectivity index (χ3n) is 1.20. The molecule has 0 aliphatic rings. The van der Waals surface area contributed by atoms with E-state index in [1.54, 1.807) is 0 Å². The smallest absolute Gasteiger partial charge is 0.313 e. The van der Waals surface area contributed by atoms with E-state index in [9.17, 15) is 17.6 Å². The molecule has 0 unspecified atom stereocenters. The fourth-order valence-corrected chi connectivity index (χ4v) is 0.724. The summed E-state index contributed by atoms with van der Waals surface area (Å²) in [5.74, 6) is -1.83. The Morgan fingerprint density at radius 1 is 1.17 bits per heavy atom. The summed E-state index contributed by atoms with van der Waals surface area (Å²) in [7, 11) is 0. The Morgan fingerprint density at radius 3 is 2.33 bits per heavy atom. The van der Waals surface area contributed by atoms with Crippen molar-refractivity contribution in [1.82, 2.24) is 0 Å². The van der Waals surface area contributed by atoms with Crippen molar-refractivity contribution in [3.63, 3.8) is 0 Å². The Balaban J connectivity index is 2.86. The van der Waals surface area contributed by atoms with Gasteiger partial charge in [-0.1, -0.05) is 0 Å². The predicted octanol–water partition coefficient (Wildman–Crippen LogP) is 2.60. The number of rotatable bonds is 2. The van der Waals surface area contributed by atoms with Gasteiger partial charge >= 0.3 is 6.55 Å². The van der Waals surface area contributed by atoms with Crippen molar-refractivity contribution in [1.29, 1.82) is 0 Å². The van der Waals surface area contributed by atoms with Gasteiger partial charge in [-0.3, -0.25) is 0 Å². The van der Waals surface area contributed by atoms with Gasteiger partial charge in [0.05, 0.1) is 5.69 Å². The molecule has 5 heteroatoms. The van der Waals surface area contributed by atoms with Gasteiger partial charge in [-0.25, -0.2) is 8.78 Å². The van der Waals surface area contributed by atoms with Crippen LogP contribution in [0.5, 0.6) is 0 Å². The fourth-order valence-electron chi connectivity index (χ4n) is 0.724. The molecule has 0 heterocycles. The largest absolute Gasteiger partial charge is 0.327 e. The molecule has 1 aromatic carbocycles. The highest BCUT2D eigenvalue weighted by atomic mass is 19.3. The maximum absolute atomic E-state index is 12.6. The molecule has 0 aliphatic carbocycles. The number of alkyl halides is 2. The SMILES string of the molecule is Fc1ccc(NC(F)F)c(F)c1. The van der Waals surface area contributed by atoms with Crippen LogP contribution in [0.1, 0.15) is 0 Å². The molecule has 0 fully saturated rings. The van der Waals surface area contributed by atoms with Crippen molar-refractivity contribution in [2.24, 2.45) is 0 Å². The molecule has 0 saturated heterocycles. The first-order valence-corrected chi connectivity index (χ1v) is 3.09. The zero-order valence-corrected chi connectivity index (χ0v) is 5.82. The summed E-state index contributed by atoms with van der Waals surface area (Å²) in [5, 5.41) is 1.53. The Labute approximate surface area is 66.0 Å². The normalized spacial score (nSPS) is 10.4. The first-order valence-electron chi connectivity index (χ1n) is 3.09. The molecule has 1 rings (SSSR count). The Kier molecular flexibility index (Phi) is 2.52. The van der Waals surface area contributed by atoms with Gasteiger partial charge < -0.3 is 5.32 Å². The first kappa shape index (κ1) is 8.83. The molecule has 1 aromatic rings. The van der Waals surface area contributed by atoms with Gasteiger partial charge in [-0.05, 0) is 12.1 Å². The van der Waals surface area contributed by atoms with Crippen LogP contribution in [0.3, 0.4) is 0 Å². The Hall–Kier alpha value is -1.26. The van der Waals surface area contributed by atoms with Crippen LogP contribution >= 0.6 is 0 Å². The molecule has 0 aromatic heterocycles. The van der Waals surface area contributed by atoms with Crippen LogP contribution in [0.4, 0.5) is 23.2 Å². The van der Waals surface area contributed by atoms with Gasteiger partial charge in [-0.15, -0.1) is 0 Å². The second-order valence-corrected chi connectivity index (χ2v) is 2.07. The zero-order valence-electron chi connectivity index (χ0n) is 5.82. The lowest BCUT2D eigenvalue weighted by atomic mass is 10.3. The van der Waals surface area contributed by atoms with Crippen molar-refractivity contribution < 1.29 is 17.6 Å². The highest BCUT2D eigenvalue weighted by Crippen LogP contribution is 2.16. The van der Waals surface area contributed by atoms with Crippen molar-refractivity contribution >= 4 is 5.69 Å². The maximum atomic E-state index is 12.6. The molecule has 0 aliphatic heterocycles. The van der Waals surface area contributed by atoms with Gasteiger partial charge in [0.15, 0.2) is 0 Å². The van der Waals surface area contributed by atoms with Gasteiger partial charge in [-0.2, -0.15) is 8.78 Å². The highest BCUT2D eigenvalue weighted by molar-refractivity contribution is 5.44. The topological polar surface area (TPSA) is 12.0 Å². The molecule has 0 bridgehead atoms. The van der Waals surface area contributed by atoms with Crippen molar-refractivity contribution in [3.8, 4) is 0 Å². The minimum Gasteiger partial charge on any atom is -0.327 e. The first-order chi connectivity index (χ1) is 5.59. The summed E-state index contributed by atoms with van der Waals surface area (Å²) in [6.45, 7) is -2.86. The molecule has 0 saturated carbocycles. The van der Waals surface area contributed by atoms with E-state index in [4.69, 9.17) is 0 Å². The third-order valence-corrected chi connectivity index (χ3v) is 1.20. The molecule has 12 heavy (non-hydrogen) atoms. The summed E-state index contributed by atoms with van der Waals surface area (Å²) in [6.07, 6.45) is 0. The van der Waals surface area contributed by atoms with Crippen LogP contribution in [0.15, 0.2) is 18.2 Å². The van der Waals surface area contributed by atoms with E-state index >= 15 is 0 Å². The Bertz CT molecular complexity index is 274. The van der Waals surface area contributed by atoms with Crippen molar-refractivity contribution in [2.45, 2.75) is 6.55 Å². The van der Waals surface area contributed by atoms with Gasteiger partial charge in [0, 0.05) is 6.07 Å². The van der Waals surface area contributed by atoms with Crippen LogP contribution in [0.2, 0.25) is 0 Å². The van der Waals surface area contributed by atoms with Crippen LogP contribution < -0.4 is 5.32 Å². The third kappa shape index (κ3) is 2.11. The fraction of sp³-hybridized carbons (Fsp3) is 0.143. The molecular formula is C7H5F4N. The van der Waals surface area contributed by atoms with Gasteiger partial charge in [0.25, 0.3) is 0 Å². The van der Waals surface area contributed by atoms with E-state index in [-0.39, 0.29) is 0 Å². The van der Waals surface area contributed by atoms with E-state index in [1.807, 2.05) is 0 Å². The lowest BCUT2D eigenvalue weighted by Crippen LogP contribution is -2.07. The summed E-state index contributed by atoms with van der Waals surface area (Å²) in [4.78, 5) is 0. The highest BCUT2D eigenvalue weighted by Gasteiger charge is 2.07. The van der Waals surface area contributed by atoms with E-state index in [0.717, 1.165) is 12.1 Å². The number of hydrogen-bond donors (Lipinski definition) is 1. The average Bonchev–Trinajstić information content (AvgIpc) is 1.94. The predicted molar refractivity (Wildman–Crippen MR) is 36.0 cm³/mol. The number of nitrogens with one attached hydrogen (secondary N) is 1. The summed E-state index contributed by atoms with van der Waals surface area (Å²) < 4.78 is 48.1. The quantitative estimate of drug-likeness (QED) is 0.543. The van der Waals surface area contributed by atoms with Crippen molar-refractivity contribution in [2.75, 3.05) is 5.32 Å².